The summed E-state index contributed by atoms with van der Waals surface area (Å²) < 4.78 is 20.0. The lowest BCUT2D eigenvalue weighted by atomic mass is 10.3. The maximum atomic E-state index is 7.48. The van der Waals surface area contributed by atoms with Crippen molar-refractivity contribution in [3.8, 4) is 0 Å². The Morgan fingerprint density at radius 1 is 1.88 bits per heavy atom. The first-order valence-corrected chi connectivity index (χ1v) is 2.85. The molecular weight excluding hydrogens is 102 g/mol. The molecule has 0 aromatic heterocycles. The molecule has 2 nitrogen and oxygen atoms in total. The van der Waals surface area contributed by atoms with Crippen molar-refractivity contribution in [3.63, 3.8) is 0 Å². The van der Waals surface area contributed by atoms with E-state index in [1.807, 2.05) is 0 Å². The minimum atomic E-state index is -0.850. The van der Waals surface area contributed by atoms with Crippen LogP contribution in [0.1, 0.15) is 16.6 Å². The van der Waals surface area contributed by atoms with E-state index in [0.717, 1.165) is 0 Å². The number of hydrogen-bond acceptors (Lipinski definition) is 2. The van der Waals surface area contributed by atoms with Gasteiger partial charge in [0.15, 0.2) is 0 Å². The zero-order valence-corrected chi connectivity index (χ0v) is 5.27. The zero-order chi connectivity index (χ0) is 7.78. The molecular formula is C6H13NO. The molecule has 0 radical (unpaired) electrons. The van der Waals surface area contributed by atoms with E-state index in [4.69, 9.17) is 7.48 Å². The van der Waals surface area contributed by atoms with Crippen molar-refractivity contribution >= 4 is 0 Å². The molecule has 2 heteroatoms. The monoisotopic (exact) mass is 117 g/mol. The molecule has 0 aliphatic carbocycles. The predicted molar refractivity (Wildman–Crippen MR) is 32.9 cm³/mol. The van der Waals surface area contributed by atoms with Gasteiger partial charge in [-0.25, -0.2) is 0 Å². The largest absolute Gasteiger partial charge is 0.373 e. The van der Waals surface area contributed by atoms with Gasteiger partial charge in [0, 0.05) is 14.4 Å². The molecule has 0 aromatic rings. The predicted octanol–water partition coefficient (Wildman–Crippen LogP) is 0.383. The van der Waals surface area contributed by atoms with Crippen LogP contribution in [0.2, 0.25) is 0 Å². The van der Waals surface area contributed by atoms with Gasteiger partial charge in [0.1, 0.15) is 0 Å². The summed E-state index contributed by atoms with van der Waals surface area (Å²) in [5.74, 6) is 0. The highest BCUT2D eigenvalue weighted by Crippen LogP contribution is 2.00. The zero-order valence-electron chi connectivity index (χ0n) is 7.27. The van der Waals surface area contributed by atoms with Crippen LogP contribution in [-0.2, 0) is 4.74 Å². The summed E-state index contributed by atoms with van der Waals surface area (Å²) in [7, 11) is 0. The van der Waals surface area contributed by atoms with E-state index in [9.17, 15) is 0 Å². The maximum Gasteiger partial charge on any atom is 0.0675 e. The van der Waals surface area contributed by atoms with Gasteiger partial charge in [0.25, 0.3) is 0 Å². The van der Waals surface area contributed by atoms with Crippen molar-refractivity contribution in [2.75, 3.05) is 13.1 Å². The number of nitrogens with one attached hydrogen (secondary N) is 1. The molecule has 1 aliphatic heterocycles. The molecule has 0 saturated carbocycles. The van der Waals surface area contributed by atoms with Gasteiger partial charge in [0.05, 0.1) is 13.6 Å². The molecule has 1 saturated heterocycles. The summed E-state index contributed by atoms with van der Waals surface area (Å²) in [5.41, 5.74) is 0. The smallest absolute Gasteiger partial charge is 0.0675 e. The molecule has 0 bridgehead atoms. The second-order valence-electron chi connectivity index (χ2n) is 2.07. The van der Waals surface area contributed by atoms with Crippen LogP contribution in [0.25, 0.3) is 0 Å². The summed E-state index contributed by atoms with van der Waals surface area (Å²) in [6.07, 6.45) is -1.03. The van der Waals surface area contributed by atoms with Gasteiger partial charge in [0.2, 0.25) is 0 Å². The lowest BCUT2D eigenvalue weighted by Crippen LogP contribution is -2.41. The van der Waals surface area contributed by atoms with Crippen LogP contribution in [0, 0.1) is 0 Å². The van der Waals surface area contributed by atoms with Crippen LogP contribution in [0.5, 0.6) is 0 Å². The molecule has 48 valence electrons. The van der Waals surface area contributed by atoms with Crippen molar-refractivity contribution in [3.05, 3.63) is 0 Å². The molecule has 0 spiro atoms. The Balaban J connectivity index is 2.49. The Hall–Kier alpha value is -0.0800. The van der Waals surface area contributed by atoms with E-state index >= 15 is 0 Å². The van der Waals surface area contributed by atoms with Gasteiger partial charge in [-0.3, -0.25) is 0 Å². The molecule has 1 N–H and O–H groups in total. The van der Waals surface area contributed by atoms with Gasteiger partial charge in [-0.2, -0.15) is 0 Å². The third-order valence-corrected chi connectivity index (χ3v) is 1.09. The Kier molecular flexibility index (Phi) is 1.19. The maximum absolute atomic E-state index is 7.48. The van der Waals surface area contributed by atoms with Gasteiger partial charge >= 0.3 is 0 Å². The van der Waals surface area contributed by atoms with Crippen LogP contribution >= 0.6 is 0 Å². The second kappa shape index (κ2) is 2.46. The van der Waals surface area contributed by atoms with Crippen LogP contribution in [-0.4, -0.2) is 25.2 Å². The van der Waals surface area contributed by atoms with E-state index in [1.165, 1.54) is 0 Å². The minimum Gasteiger partial charge on any atom is -0.373 e. The molecule has 1 heterocycles. The number of ether oxygens (including phenoxy) is 1. The van der Waals surface area contributed by atoms with Crippen molar-refractivity contribution in [2.45, 2.75) is 26.0 Å². The molecule has 3 unspecified atom stereocenters. The van der Waals surface area contributed by atoms with Crippen LogP contribution in [0.3, 0.4) is 0 Å². The van der Waals surface area contributed by atoms with E-state index < -0.39 is 6.08 Å². The van der Waals surface area contributed by atoms with Gasteiger partial charge in [-0.15, -0.1) is 0 Å². The van der Waals surface area contributed by atoms with Gasteiger partial charge < -0.3 is 10.1 Å². The lowest BCUT2D eigenvalue weighted by Gasteiger charge is -2.25. The second-order valence-corrected chi connectivity index (χ2v) is 2.07. The first kappa shape index (κ1) is 3.85. The fourth-order valence-corrected chi connectivity index (χ4v) is 0.762. The van der Waals surface area contributed by atoms with Crippen LogP contribution < -0.4 is 5.32 Å². The molecule has 3 atom stereocenters. The average molecular weight is 117 g/mol. The normalized spacial score (nSPS) is 61.8. The highest BCUT2D eigenvalue weighted by Gasteiger charge is 2.12. The Morgan fingerprint density at radius 3 is 3.12 bits per heavy atom. The first-order valence-electron chi connectivity index (χ1n) is 3.92. The first-order chi connectivity index (χ1) is 4.51. The molecule has 1 aliphatic rings. The third kappa shape index (κ3) is 1.46. The molecule has 8 heavy (non-hydrogen) atoms. The number of rotatable bonds is 0. The Labute approximate surface area is 53.0 Å². The highest BCUT2D eigenvalue weighted by atomic mass is 16.5. The summed E-state index contributed by atoms with van der Waals surface area (Å²) in [6, 6.07) is 0. The summed E-state index contributed by atoms with van der Waals surface area (Å²) >= 11 is 0. The average Bonchev–Trinajstić information content (AvgIpc) is 1.79. The molecule has 0 aromatic carbocycles. The Morgan fingerprint density at radius 2 is 2.62 bits per heavy atom. The number of hydrogen-bond donors (Lipinski definition) is 1. The minimum absolute atomic E-state index is 0.184. The Bertz CT molecular complexity index is 129. The molecule has 1 fully saturated rings. The van der Waals surface area contributed by atoms with Crippen LogP contribution in [0.4, 0.5) is 0 Å². The lowest BCUT2D eigenvalue weighted by molar-refractivity contribution is -0.0166. The highest BCUT2D eigenvalue weighted by molar-refractivity contribution is 4.66. The summed E-state index contributed by atoms with van der Waals surface area (Å²) in [4.78, 5) is 0. The fourth-order valence-electron chi connectivity index (χ4n) is 0.762. The SMILES string of the molecule is [2H]C1NCC([2H])(C)OC1C. The van der Waals surface area contributed by atoms with E-state index in [2.05, 4.69) is 5.32 Å². The van der Waals surface area contributed by atoms with E-state index in [0.29, 0.717) is 6.54 Å². The van der Waals surface area contributed by atoms with Crippen molar-refractivity contribution in [1.82, 2.24) is 5.32 Å². The molecule has 1 rings (SSSR count). The van der Waals surface area contributed by atoms with E-state index in [-0.39, 0.29) is 12.6 Å². The fraction of sp³-hybridized carbons (Fsp3) is 1.00. The van der Waals surface area contributed by atoms with Crippen molar-refractivity contribution in [2.24, 2.45) is 0 Å². The molecule has 0 amide bonds. The van der Waals surface area contributed by atoms with Crippen LogP contribution in [0.15, 0.2) is 0 Å². The summed E-state index contributed by atoms with van der Waals surface area (Å²) in [6.45, 7) is 3.56. The van der Waals surface area contributed by atoms with Crippen molar-refractivity contribution < 1.29 is 7.48 Å². The standard InChI is InChI=1S/C6H13NO/c1-5-3-7-4-6(2)8-5/h5-7H,3-4H2,1-2H3/i3D,6D. The third-order valence-electron chi connectivity index (χ3n) is 1.09. The van der Waals surface area contributed by atoms with Gasteiger partial charge in [-0.05, 0) is 13.8 Å². The summed E-state index contributed by atoms with van der Waals surface area (Å²) in [5, 5.41) is 2.88. The topological polar surface area (TPSA) is 21.3 Å². The number of morpholine rings is 1. The van der Waals surface area contributed by atoms with Crippen molar-refractivity contribution in [1.29, 1.82) is 0 Å². The quantitative estimate of drug-likeness (QED) is 0.495. The van der Waals surface area contributed by atoms with E-state index in [1.54, 1.807) is 13.8 Å². The van der Waals surface area contributed by atoms with Gasteiger partial charge in [-0.1, -0.05) is 0 Å².